The monoisotopic (exact) mass is 236 g/mol. The van der Waals surface area contributed by atoms with Crippen molar-refractivity contribution >= 4 is 11.6 Å². The summed E-state index contributed by atoms with van der Waals surface area (Å²) in [5.74, 6) is 0. The van der Waals surface area contributed by atoms with Crippen LogP contribution in [0.15, 0.2) is 47.1 Å². The van der Waals surface area contributed by atoms with Gasteiger partial charge in [0.1, 0.15) is 0 Å². The zero-order chi connectivity index (χ0) is 12.2. The lowest BCUT2D eigenvalue weighted by molar-refractivity contribution is 0.317. The summed E-state index contributed by atoms with van der Waals surface area (Å²) < 4.78 is 0. The first kappa shape index (κ1) is 13.3. The van der Waals surface area contributed by atoms with Crippen LogP contribution >= 0.6 is 11.6 Å². The molecule has 0 saturated carbocycles. The molecular weight excluding hydrogens is 216 g/mol. The molecule has 0 bridgehead atoms. The maximum Gasteiger partial charge on any atom is 0.0400 e. The van der Waals surface area contributed by atoms with Gasteiger partial charge in [0.25, 0.3) is 0 Å². The Morgan fingerprint density at radius 2 is 2.12 bits per heavy atom. The maximum atomic E-state index is 5.85. The van der Waals surface area contributed by atoms with Gasteiger partial charge in [-0.25, -0.2) is 0 Å². The molecule has 0 aromatic carbocycles. The average Bonchev–Trinajstić information content (AvgIpc) is 2.22. The van der Waals surface area contributed by atoms with E-state index in [2.05, 4.69) is 33.4 Å². The molecule has 0 heterocycles. The molecule has 0 aromatic heterocycles. The Balaban J connectivity index is 2.76. The molecule has 1 aliphatic carbocycles. The van der Waals surface area contributed by atoms with Crippen LogP contribution < -0.4 is 0 Å². The van der Waals surface area contributed by atoms with E-state index in [9.17, 15) is 0 Å². The Morgan fingerprint density at radius 3 is 2.75 bits per heavy atom. The van der Waals surface area contributed by atoms with Crippen LogP contribution in [-0.2, 0) is 0 Å². The third kappa shape index (κ3) is 4.02. The summed E-state index contributed by atoms with van der Waals surface area (Å²) in [6.07, 6.45) is 11.4. The highest BCUT2D eigenvalue weighted by atomic mass is 35.5. The Morgan fingerprint density at radius 1 is 1.44 bits per heavy atom. The topological polar surface area (TPSA) is 0 Å². The Labute approximate surface area is 104 Å². The third-order valence-electron chi connectivity index (χ3n) is 3.14. The largest absolute Gasteiger partial charge is 0.0976 e. The van der Waals surface area contributed by atoms with Gasteiger partial charge >= 0.3 is 0 Å². The van der Waals surface area contributed by atoms with Crippen molar-refractivity contribution in [2.75, 3.05) is 0 Å². The molecule has 1 aliphatic rings. The van der Waals surface area contributed by atoms with E-state index in [1.54, 1.807) is 6.08 Å². The molecule has 1 rings (SSSR count). The van der Waals surface area contributed by atoms with E-state index in [4.69, 9.17) is 11.6 Å². The van der Waals surface area contributed by atoms with Crippen LogP contribution in [0.1, 0.15) is 40.0 Å². The molecule has 0 amide bonds. The maximum absolute atomic E-state index is 5.85. The molecule has 0 radical (unpaired) electrons. The SMILES string of the molecule is C=C/C(Cl)=C\C=C\C1=C(C)CCC(C)(C)C1. The molecule has 0 N–H and O–H groups in total. The van der Waals surface area contributed by atoms with Gasteiger partial charge in [0, 0.05) is 5.03 Å². The first-order valence-electron chi connectivity index (χ1n) is 5.79. The minimum atomic E-state index is 0.436. The van der Waals surface area contributed by atoms with Gasteiger partial charge in [-0.15, -0.1) is 0 Å². The molecule has 0 spiro atoms. The van der Waals surface area contributed by atoms with Gasteiger partial charge < -0.3 is 0 Å². The summed E-state index contributed by atoms with van der Waals surface area (Å²) in [5.41, 5.74) is 3.41. The molecule has 1 heteroatoms. The van der Waals surface area contributed by atoms with Gasteiger partial charge in [-0.3, -0.25) is 0 Å². The predicted octanol–water partition coefficient (Wildman–Crippen LogP) is 5.38. The molecule has 0 nitrogen and oxygen atoms in total. The first-order valence-corrected chi connectivity index (χ1v) is 6.17. The van der Waals surface area contributed by atoms with Gasteiger partial charge in [-0.1, -0.05) is 55.8 Å². The van der Waals surface area contributed by atoms with Crippen LogP contribution in [0, 0.1) is 5.41 Å². The molecular formula is C15H21Cl. The number of rotatable bonds is 3. The molecule has 0 fully saturated rings. The average molecular weight is 237 g/mol. The zero-order valence-corrected chi connectivity index (χ0v) is 11.3. The van der Waals surface area contributed by atoms with Crippen molar-refractivity contribution in [2.24, 2.45) is 5.41 Å². The van der Waals surface area contributed by atoms with Gasteiger partial charge in [-0.05, 0) is 43.3 Å². The molecule has 16 heavy (non-hydrogen) atoms. The predicted molar refractivity (Wildman–Crippen MR) is 73.6 cm³/mol. The van der Waals surface area contributed by atoms with E-state index in [0.717, 1.165) is 6.42 Å². The minimum absolute atomic E-state index is 0.436. The van der Waals surface area contributed by atoms with Crippen LogP contribution in [-0.4, -0.2) is 0 Å². The quantitative estimate of drug-likeness (QED) is 0.578. The Kier molecular flexibility index (Phi) is 4.61. The van der Waals surface area contributed by atoms with Crippen LogP contribution in [0.2, 0.25) is 0 Å². The fourth-order valence-corrected chi connectivity index (χ4v) is 2.04. The van der Waals surface area contributed by atoms with Gasteiger partial charge in [0.05, 0.1) is 0 Å². The first-order chi connectivity index (χ1) is 7.44. The second-order valence-electron chi connectivity index (χ2n) is 5.26. The summed E-state index contributed by atoms with van der Waals surface area (Å²) in [6.45, 7) is 10.5. The lowest BCUT2D eigenvalue weighted by Gasteiger charge is -2.31. The standard InChI is InChI=1S/C15H21Cl/c1-5-14(16)8-6-7-13-11-15(3,4)10-9-12(13)2/h5-8H,1,9-11H2,2-4H3/b7-6+,14-8+. The van der Waals surface area contributed by atoms with Crippen LogP contribution in [0.4, 0.5) is 0 Å². The molecule has 0 unspecified atom stereocenters. The normalized spacial score (nSPS) is 21.6. The fourth-order valence-electron chi connectivity index (χ4n) is 1.97. The van der Waals surface area contributed by atoms with Crippen LogP contribution in [0.5, 0.6) is 0 Å². The Hall–Kier alpha value is -0.750. The van der Waals surface area contributed by atoms with Crippen molar-refractivity contribution in [1.29, 1.82) is 0 Å². The zero-order valence-electron chi connectivity index (χ0n) is 10.5. The van der Waals surface area contributed by atoms with Crippen LogP contribution in [0.3, 0.4) is 0 Å². The molecule has 0 aliphatic heterocycles. The van der Waals surface area contributed by atoms with Gasteiger partial charge in [0.2, 0.25) is 0 Å². The second-order valence-corrected chi connectivity index (χ2v) is 5.70. The highest BCUT2D eigenvalue weighted by molar-refractivity contribution is 6.31. The summed E-state index contributed by atoms with van der Waals surface area (Å²) in [4.78, 5) is 0. The van der Waals surface area contributed by atoms with E-state index in [0.29, 0.717) is 10.4 Å². The lowest BCUT2D eigenvalue weighted by atomic mass is 9.74. The van der Waals surface area contributed by atoms with Crippen molar-refractivity contribution < 1.29 is 0 Å². The smallest absolute Gasteiger partial charge is 0.0400 e. The van der Waals surface area contributed by atoms with E-state index in [1.807, 2.05) is 12.2 Å². The summed E-state index contributed by atoms with van der Waals surface area (Å²) >= 11 is 5.85. The molecule has 0 saturated heterocycles. The number of allylic oxidation sites excluding steroid dienone is 7. The van der Waals surface area contributed by atoms with E-state index in [-0.39, 0.29) is 0 Å². The Bertz CT molecular complexity index is 354. The van der Waals surface area contributed by atoms with Gasteiger partial charge in [-0.2, -0.15) is 0 Å². The fraction of sp³-hybridized carbons (Fsp3) is 0.467. The summed E-state index contributed by atoms with van der Waals surface area (Å²) in [7, 11) is 0. The minimum Gasteiger partial charge on any atom is -0.0976 e. The van der Waals surface area contributed by atoms with E-state index < -0.39 is 0 Å². The molecule has 88 valence electrons. The third-order valence-corrected chi connectivity index (χ3v) is 3.42. The van der Waals surface area contributed by atoms with Crippen molar-refractivity contribution in [3.05, 3.63) is 47.1 Å². The van der Waals surface area contributed by atoms with Crippen LogP contribution in [0.25, 0.3) is 0 Å². The summed E-state index contributed by atoms with van der Waals surface area (Å²) in [5, 5.41) is 0.685. The number of halogens is 1. The highest BCUT2D eigenvalue weighted by Crippen LogP contribution is 2.38. The van der Waals surface area contributed by atoms with E-state index in [1.165, 1.54) is 24.0 Å². The number of hydrogen-bond acceptors (Lipinski definition) is 0. The second kappa shape index (κ2) is 5.54. The van der Waals surface area contributed by atoms with Crippen molar-refractivity contribution in [1.82, 2.24) is 0 Å². The van der Waals surface area contributed by atoms with Crippen molar-refractivity contribution in [3.8, 4) is 0 Å². The van der Waals surface area contributed by atoms with Crippen molar-refractivity contribution in [3.63, 3.8) is 0 Å². The lowest BCUT2D eigenvalue weighted by Crippen LogP contribution is -2.17. The summed E-state index contributed by atoms with van der Waals surface area (Å²) in [6, 6.07) is 0. The number of hydrogen-bond donors (Lipinski definition) is 0. The van der Waals surface area contributed by atoms with Crippen molar-refractivity contribution in [2.45, 2.75) is 40.0 Å². The highest BCUT2D eigenvalue weighted by Gasteiger charge is 2.23. The molecule has 0 aromatic rings. The van der Waals surface area contributed by atoms with E-state index >= 15 is 0 Å². The molecule has 0 atom stereocenters. The van der Waals surface area contributed by atoms with Gasteiger partial charge in [0.15, 0.2) is 0 Å².